The van der Waals surface area contributed by atoms with Crippen LogP contribution in [-0.2, 0) is 0 Å². The van der Waals surface area contributed by atoms with E-state index in [0.717, 1.165) is 0 Å². The highest BCUT2D eigenvalue weighted by Crippen LogP contribution is 2.24. The smallest absolute Gasteiger partial charge is 0.335 e. The lowest BCUT2D eigenvalue weighted by molar-refractivity contribution is 0.0696. The molecule has 0 fully saturated rings. The minimum atomic E-state index is -0.991. The van der Waals surface area contributed by atoms with Crippen molar-refractivity contribution in [3.05, 3.63) is 29.3 Å². The number of phenols is 1. The van der Waals surface area contributed by atoms with Gasteiger partial charge in [-0.05, 0) is 32.2 Å². The molecule has 0 aromatic heterocycles. The van der Waals surface area contributed by atoms with Crippen molar-refractivity contribution in [3.63, 3.8) is 0 Å². The standard InChI is InChI=1S/C10H13NO3/c1-6(11-2)8-5-7(10(13)14)3-4-9(8)12/h3-6,11-12H,1-2H3,(H,13,14)/t6-/m1/s1. The van der Waals surface area contributed by atoms with E-state index in [9.17, 15) is 9.90 Å². The molecule has 4 nitrogen and oxygen atoms in total. The van der Waals surface area contributed by atoms with Gasteiger partial charge >= 0.3 is 5.97 Å². The number of carboxylic acid groups (broad SMARTS) is 1. The van der Waals surface area contributed by atoms with E-state index in [2.05, 4.69) is 5.32 Å². The molecular weight excluding hydrogens is 182 g/mol. The van der Waals surface area contributed by atoms with Crippen molar-refractivity contribution in [3.8, 4) is 5.75 Å². The minimum absolute atomic E-state index is 0.0747. The van der Waals surface area contributed by atoms with Gasteiger partial charge in [0.25, 0.3) is 0 Å². The second-order valence-corrected chi connectivity index (χ2v) is 3.09. The highest BCUT2D eigenvalue weighted by molar-refractivity contribution is 5.88. The zero-order chi connectivity index (χ0) is 10.7. The minimum Gasteiger partial charge on any atom is -0.508 e. The van der Waals surface area contributed by atoms with Crippen molar-refractivity contribution < 1.29 is 15.0 Å². The van der Waals surface area contributed by atoms with Crippen LogP contribution in [0, 0.1) is 0 Å². The highest BCUT2D eigenvalue weighted by atomic mass is 16.4. The first-order chi connectivity index (χ1) is 6.56. The maximum absolute atomic E-state index is 10.7. The first kappa shape index (κ1) is 10.5. The van der Waals surface area contributed by atoms with Gasteiger partial charge < -0.3 is 15.5 Å². The molecule has 0 aliphatic heterocycles. The number of carboxylic acids is 1. The summed E-state index contributed by atoms with van der Waals surface area (Å²) in [5.41, 5.74) is 0.771. The summed E-state index contributed by atoms with van der Waals surface area (Å²) in [5.74, 6) is -0.883. The fourth-order valence-electron chi connectivity index (χ4n) is 1.19. The molecule has 1 aromatic carbocycles. The molecule has 14 heavy (non-hydrogen) atoms. The molecule has 0 unspecified atom stereocenters. The van der Waals surface area contributed by atoms with Crippen molar-refractivity contribution >= 4 is 5.97 Å². The average Bonchev–Trinajstić information content (AvgIpc) is 2.17. The zero-order valence-corrected chi connectivity index (χ0v) is 8.11. The molecule has 1 rings (SSSR count). The Morgan fingerprint density at radius 3 is 2.64 bits per heavy atom. The molecule has 0 saturated heterocycles. The quantitative estimate of drug-likeness (QED) is 0.681. The van der Waals surface area contributed by atoms with Crippen LogP contribution in [0.2, 0.25) is 0 Å². The third-order valence-electron chi connectivity index (χ3n) is 2.17. The molecule has 1 atom stereocenters. The molecule has 0 aliphatic rings. The van der Waals surface area contributed by atoms with E-state index in [-0.39, 0.29) is 17.4 Å². The maximum Gasteiger partial charge on any atom is 0.335 e. The summed E-state index contributed by atoms with van der Waals surface area (Å²) in [6.07, 6.45) is 0. The van der Waals surface area contributed by atoms with Crippen molar-refractivity contribution in [2.75, 3.05) is 7.05 Å². The lowest BCUT2D eigenvalue weighted by Gasteiger charge is -2.12. The van der Waals surface area contributed by atoms with Gasteiger partial charge in [-0.2, -0.15) is 0 Å². The van der Waals surface area contributed by atoms with E-state index >= 15 is 0 Å². The number of carbonyl (C=O) groups is 1. The molecule has 3 N–H and O–H groups in total. The second-order valence-electron chi connectivity index (χ2n) is 3.09. The van der Waals surface area contributed by atoms with Gasteiger partial charge in [0.15, 0.2) is 0 Å². The van der Waals surface area contributed by atoms with Crippen LogP contribution in [0.3, 0.4) is 0 Å². The predicted octanol–water partition coefficient (Wildman–Crippen LogP) is 1.37. The van der Waals surface area contributed by atoms with E-state index in [4.69, 9.17) is 5.11 Å². The average molecular weight is 195 g/mol. The SMILES string of the molecule is CN[C@H](C)c1cc(C(=O)O)ccc1O. The van der Waals surface area contributed by atoms with Crippen molar-refractivity contribution in [2.24, 2.45) is 0 Å². The van der Waals surface area contributed by atoms with Crippen LogP contribution >= 0.6 is 0 Å². The maximum atomic E-state index is 10.7. The Labute approximate surface area is 82.2 Å². The number of hydrogen-bond donors (Lipinski definition) is 3. The topological polar surface area (TPSA) is 69.6 Å². The van der Waals surface area contributed by atoms with Gasteiger partial charge in [-0.1, -0.05) is 0 Å². The Morgan fingerprint density at radius 2 is 2.14 bits per heavy atom. The Hall–Kier alpha value is -1.55. The van der Waals surface area contributed by atoms with E-state index in [1.54, 1.807) is 7.05 Å². The van der Waals surface area contributed by atoms with Gasteiger partial charge in [-0.15, -0.1) is 0 Å². The van der Waals surface area contributed by atoms with E-state index < -0.39 is 5.97 Å². The van der Waals surface area contributed by atoms with Gasteiger partial charge in [-0.3, -0.25) is 0 Å². The number of phenolic OH excluding ortho intramolecular Hbond substituents is 1. The molecule has 0 aliphatic carbocycles. The molecule has 76 valence electrons. The molecule has 0 amide bonds. The van der Waals surface area contributed by atoms with Gasteiger partial charge in [0.1, 0.15) is 5.75 Å². The molecule has 0 radical (unpaired) electrons. The largest absolute Gasteiger partial charge is 0.508 e. The number of rotatable bonds is 3. The van der Waals surface area contributed by atoms with Gasteiger partial charge in [0, 0.05) is 11.6 Å². The summed E-state index contributed by atoms with van der Waals surface area (Å²) in [6.45, 7) is 1.85. The normalized spacial score (nSPS) is 12.4. The van der Waals surface area contributed by atoms with Crippen LogP contribution in [0.25, 0.3) is 0 Å². The van der Waals surface area contributed by atoms with Crippen LogP contribution in [0.15, 0.2) is 18.2 Å². The number of hydrogen-bond acceptors (Lipinski definition) is 3. The summed E-state index contributed by atoms with van der Waals surface area (Å²) in [4.78, 5) is 10.7. The summed E-state index contributed by atoms with van der Waals surface area (Å²) in [5, 5.41) is 21.2. The summed E-state index contributed by atoms with van der Waals surface area (Å²) >= 11 is 0. The molecule has 0 heterocycles. The number of aromatic carboxylic acids is 1. The third-order valence-corrected chi connectivity index (χ3v) is 2.17. The molecule has 0 bridgehead atoms. The first-order valence-electron chi connectivity index (χ1n) is 4.29. The fourth-order valence-corrected chi connectivity index (χ4v) is 1.19. The van der Waals surface area contributed by atoms with Crippen LogP contribution in [0.4, 0.5) is 0 Å². The van der Waals surface area contributed by atoms with Crippen LogP contribution in [0.5, 0.6) is 5.75 Å². The van der Waals surface area contributed by atoms with Crippen LogP contribution < -0.4 is 5.32 Å². The number of aromatic hydroxyl groups is 1. The number of nitrogens with one attached hydrogen (secondary N) is 1. The van der Waals surface area contributed by atoms with E-state index in [1.165, 1.54) is 18.2 Å². The predicted molar refractivity (Wildman–Crippen MR) is 52.5 cm³/mol. The van der Waals surface area contributed by atoms with Crippen LogP contribution in [-0.4, -0.2) is 23.2 Å². The van der Waals surface area contributed by atoms with Gasteiger partial charge in [0.2, 0.25) is 0 Å². The molecule has 0 saturated carbocycles. The fraction of sp³-hybridized carbons (Fsp3) is 0.300. The number of benzene rings is 1. The zero-order valence-electron chi connectivity index (χ0n) is 8.11. The lowest BCUT2D eigenvalue weighted by atomic mass is 10.0. The Kier molecular flexibility index (Phi) is 3.09. The van der Waals surface area contributed by atoms with E-state index in [1.807, 2.05) is 6.92 Å². The van der Waals surface area contributed by atoms with Gasteiger partial charge in [-0.25, -0.2) is 4.79 Å². The molecule has 4 heteroatoms. The summed E-state index contributed by atoms with van der Waals surface area (Å²) in [6, 6.07) is 4.17. The summed E-state index contributed by atoms with van der Waals surface area (Å²) < 4.78 is 0. The first-order valence-corrected chi connectivity index (χ1v) is 4.29. The Morgan fingerprint density at radius 1 is 1.50 bits per heavy atom. The molecule has 0 spiro atoms. The monoisotopic (exact) mass is 195 g/mol. The Bertz CT molecular complexity index is 349. The highest BCUT2D eigenvalue weighted by Gasteiger charge is 2.11. The summed E-state index contributed by atoms with van der Waals surface area (Å²) in [7, 11) is 1.75. The molecule has 1 aromatic rings. The Balaban J connectivity index is 3.14. The van der Waals surface area contributed by atoms with Crippen molar-refractivity contribution in [2.45, 2.75) is 13.0 Å². The molecular formula is C10H13NO3. The van der Waals surface area contributed by atoms with Gasteiger partial charge in [0.05, 0.1) is 5.56 Å². The van der Waals surface area contributed by atoms with E-state index in [0.29, 0.717) is 5.56 Å². The second kappa shape index (κ2) is 4.11. The van der Waals surface area contributed by atoms with Crippen molar-refractivity contribution in [1.82, 2.24) is 5.32 Å². The lowest BCUT2D eigenvalue weighted by Crippen LogP contribution is -2.13. The third kappa shape index (κ3) is 2.03. The van der Waals surface area contributed by atoms with Crippen molar-refractivity contribution in [1.29, 1.82) is 0 Å². The van der Waals surface area contributed by atoms with Crippen LogP contribution in [0.1, 0.15) is 28.9 Å².